The highest BCUT2D eigenvalue weighted by Crippen LogP contribution is 2.14. The van der Waals surface area contributed by atoms with Crippen molar-refractivity contribution in [1.29, 1.82) is 0 Å². The first-order chi connectivity index (χ1) is 9.19. The minimum atomic E-state index is -0.235. The summed E-state index contributed by atoms with van der Waals surface area (Å²) in [5, 5.41) is 6.68. The average Bonchev–Trinajstić information content (AvgIpc) is 2.77. The smallest absolute Gasteiger partial charge is 0.284 e. The second-order valence-electron chi connectivity index (χ2n) is 3.86. The maximum absolute atomic E-state index is 12.4. The standard InChI is InChI=1S/C13H15N3O3/c1-9(15-19-3)11-12(18-2)14-16(13(11)17)10-7-5-4-6-8-10/h4-8,14H,1-3H3. The van der Waals surface area contributed by atoms with Gasteiger partial charge in [0.2, 0.25) is 5.88 Å². The highest BCUT2D eigenvalue weighted by Gasteiger charge is 2.18. The number of oxime groups is 1. The Kier molecular flexibility index (Phi) is 3.70. The van der Waals surface area contributed by atoms with Crippen molar-refractivity contribution in [1.82, 2.24) is 9.78 Å². The first-order valence-corrected chi connectivity index (χ1v) is 5.71. The lowest BCUT2D eigenvalue weighted by Gasteiger charge is -2.00. The summed E-state index contributed by atoms with van der Waals surface area (Å²) in [4.78, 5) is 17.1. The summed E-state index contributed by atoms with van der Waals surface area (Å²) < 4.78 is 6.59. The Morgan fingerprint density at radius 1 is 1.26 bits per heavy atom. The molecule has 0 unspecified atom stereocenters. The molecule has 1 heterocycles. The second-order valence-corrected chi connectivity index (χ2v) is 3.86. The van der Waals surface area contributed by atoms with Gasteiger partial charge in [0.1, 0.15) is 12.7 Å². The van der Waals surface area contributed by atoms with Crippen molar-refractivity contribution in [2.24, 2.45) is 5.16 Å². The Morgan fingerprint density at radius 2 is 1.95 bits per heavy atom. The molecule has 2 aromatic rings. The van der Waals surface area contributed by atoms with Gasteiger partial charge in [-0.3, -0.25) is 9.89 Å². The molecule has 0 aliphatic carbocycles. The molecule has 19 heavy (non-hydrogen) atoms. The monoisotopic (exact) mass is 261 g/mol. The molecule has 100 valence electrons. The normalized spacial score (nSPS) is 11.4. The van der Waals surface area contributed by atoms with Gasteiger partial charge >= 0.3 is 0 Å². The number of rotatable bonds is 4. The van der Waals surface area contributed by atoms with Gasteiger partial charge < -0.3 is 9.57 Å². The number of aromatic nitrogens is 2. The maximum atomic E-state index is 12.4. The molecule has 0 saturated heterocycles. The molecule has 0 radical (unpaired) electrons. The number of benzene rings is 1. The molecule has 0 amide bonds. The molecule has 0 saturated carbocycles. The molecule has 0 atom stereocenters. The molecular formula is C13H15N3O3. The molecule has 1 aromatic heterocycles. The van der Waals surface area contributed by atoms with E-state index < -0.39 is 0 Å². The Labute approximate surface area is 110 Å². The van der Waals surface area contributed by atoms with Crippen LogP contribution in [0.3, 0.4) is 0 Å². The van der Waals surface area contributed by atoms with Crippen LogP contribution in [-0.4, -0.2) is 29.7 Å². The van der Waals surface area contributed by atoms with Gasteiger partial charge in [0.15, 0.2) is 0 Å². The molecule has 0 fully saturated rings. The molecule has 0 aliphatic rings. The van der Waals surface area contributed by atoms with Gasteiger partial charge in [-0.1, -0.05) is 23.4 Å². The van der Waals surface area contributed by atoms with Crippen molar-refractivity contribution >= 4 is 5.71 Å². The Balaban J connectivity index is 2.62. The van der Waals surface area contributed by atoms with Crippen LogP contribution in [0.4, 0.5) is 0 Å². The molecule has 0 aliphatic heterocycles. The summed E-state index contributed by atoms with van der Waals surface area (Å²) in [7, 11) is 2.92. The quantitative estimate of drug-likeness (QED) is 0.670. The average molecular weight is 261 g/mol. The zero-order valence-corrected chi connectivity index (χ0v) is 11.0. The molecule has 1 aromatic carbocycles. The van der Waals surface area contributed by atoms with Crippen LogP contribution in [0, 0.1) is 0 Å². The fourth-order valence-electron chi connectivity index (χ4n) is 1.83. The van der Waals surface area contributed by atoms with Crippen LogP contribution in [0.1, 0.15) is 12.5 Å². The SMILES string of the molecule is CON=C(C)c1c(OC)[nH]n(-c2ccccc2)c1=O. The number of methoxy groups -OCH3 is 1. The summed E-state index contributed by atoms with van der Waals surface area (Å²) in [5.74, 6) is 0.354. The van der Waals surface area contributed by atoms with Crippen molar-refractivity contribution in [3.8, 4) is 11.6 Å². The molecule has 6 nitrogen and oxygen atoms in total. The highest BCUT2D eigenvalue weighted by atomic mass is 16.6. The number of hydrogen-bond acceptors (Lipinski definition) is 4. The lowest BCUT2D eigenvalue weighted by atomic mass is 10.2. The van der Waals surface area contributed by atoms with Crippen LogP contribution < -0.4 is 10.3 Å². The van der Waals surface area contributed by atoms with Crippen molar-refractivity contribution in [3.63, 3.8) is 0 Å². The van der Waals surface area contributed by atoms with E-state index in [1.54, 1.807) is 6.92 Å². The van der Waals surface area contributed by atoms with Crippen molar-refractivity contribution in [3.05, 3.63) is 46.2 Å². The van der Waals surface area contributed by atoms with E-state index in [0.717, 1.165) is 5.69 Å². The number of aromatic amines is 1. The van der Waals surface area contributed by atoms with E-state index in [0.29, 0.717) is 17.2 Å². The van der Waals surface area contributed by atoms with Gasteiger partial charge in [-0.05, 0) is 19.1 Å². The van der Waals surface area contributed by atoms with Crippen LogP contribution in [0.15, 0.2) is 40.3 Å². The van der Waals surface area contributed by atoms with E-state index in [4.69, 9.17) is 9.57 Å². The van der Waals surface area contributed by atoms with Gasteiger partial charge in [-0.15, -0.1) is 0 Å². The fourth-order valence-corrected chi connectivity index (χ4v) is 1.83. The number of para-hydroxylation sites is 1. The second kappa shape index (κ2) is 5.43. The van der Waals surface area contributed by atoms with E-state index >= 15 is 0 Å². The number of nitrogens with one attached hydrogen (secondary N) is 1. The lowest BCUT2D eigenvalue weighted by Crippen LogP contribution is -2.19. The van der Waals surface area contributed by atoms with E-state index in [9.17, 15) is 4.79 Å². The van der Waals surface area contributed by atoms with Gasteiger partial charge in [0.05, 0.1) is 18.5 Å². The summed E-state index contributed by atoms with van der Waals surface area (Å²) >= 11 is 0. The molecular weight excluding hydrogens is 246 g/mol. The third-order valence-corrected chi connectivity index (χ3v) is 2.67. The predicted molar refractivity (Wildman–Crippen MR) is 72.2 cm³/mol. The van der Waals surface area contributed by atoms with Crippen molar-refractivity contribution < 1.29 is 9.57 Å². The molecule has 0 bridgehead atoms. The molecule has 6 heteroatoms. The largest absolute Gasteiger partial charge is 0.481 e. The maximum Gasteiger partial charge on any atom is 0.284 e. The van der Waals surface area contributed by atoms with Crippen LogP contribution in [-0.2, 0) is 4.84 Å². The zero-order valence-electron chi connectivity index (χ0n) is 11.0. The molecule has 2 rings (SSSR count). The predicted octanol–water partition coefficient (Wildman–Crippen LogP) is 1.54. The van der Waals surface area contributed by atoms with Crippen molar-refractivity contribution in [2.45, 2.75) is 6.92 Å². The Hall–Kier alpha value is -2.50. The first-order valence-electron chi connectivity index (χ1n) is 5.71. The minimum absolute atomic E-state index is 0.235. The number of H-pyrrole nitrogens is 1. The third-order valence-electron chi connectivity index (χ3n) is 2.67. The minimum Gasteiger partial charge on any atom is -0.481 e. The lowest BCUT2D eigenvalue weighted by molar-refractivity contribution is 0.213. The van der Waals surface area contributed by atoms with Crippen LogP contribution >= 0.6 is 0 Å². The summed E-state index contributed by atoms with van der Waals surface area (Å²) in [6, 6.07) is 9.23. The van der Waals surface area contributed by atoms with Gasteiger partial charge in [-0.2, -0.15) is 0 Å². The Morgan fingerprint density at radius 3 is 2.53 bits per heavy atom. The zero-order chi connectivity index (χ0) is 13.8. The molecule has 0 spiro atoms. The molecule has 1 N–H and O–H groups in total. The van der Waals surface area contributed by atoms with Gasteiger partial charge in [0.25, 0.3) is 5.56 Å². The number of ether oxygens (including phenoxy) is 1. The Bertz CT molecular complexity index is 641. The van der Waals surface area contributed by atoms with E-state index in [1.165, 1.54) is 18.9 Å². The van der Waals surface area contributed by atoms with Crippen molar-refractivity contribution in [2.75, 3.05) is 14.2 Å². The van der Waals surface area contributed by atoms with Gasteiger partial charge in [-0.25, -0.2) is 4.68 Å². The third kappa shape index (κ3) is 2.37. The van der Waals surface area contributed by atoms with Crippen LogP contribution in [0.2, 0.25) is 0 Å². The first kappa shape index (κ1) is 12.9. The van der Waals surface area contributed by atoms with E-state index in [2.05, 4.69) is 10.3 Å². The fraction of sp³-hybridized carbons (Fsp3) is 0.231. The van der Waals surface area contributed by atoms with Crippen LogP contribution in [0.5, 0.6) is 5.88 Å². The summed E-state index contributed by atoms with van der Waals surface area (Å²) in [6.45, 7) is 1.69. The van der Waals surface area contributed by atoms with E-state index in [1.807, 2.05) is 30.3 Å². The van der Waals surface area contributed by atoms with Gasteiger partial charge in [0, 0.05) is 0 Å². The summed E-state index contributed by atoms with van der Waals surface area (Å²) in [5.41, 5.74) is 1.30. The topological polar surface area (TPSA) is 68.6 Å². The highest BCUT2D eigenvalue weighted by molar-refractivity contribution is 6.00. The number of hydrogen-bond donors (Lipinski definition) is 1. The van der Waals surface area contributed by atoms with E-state index in [-0.39, 0.29) is 5.56 Å². The summed E-state index contributed by atoms with van der Waals surface area (Å²) in [6.07, 6.45) is 0. The number of nitrogens with zero attached hydrogens (tertiary/aromatic N) is 2. The van der Waals surface area contributed by atoms with Crippen LogP contribution in [0.25, 0.3) is 5.69 Å².